The second-order valence-electron chi connectivity index (χ2n) is 17.5. The monoisotopic (exact) mass is 842 g/mol. The van der Waals surface area contributed by atoms with E-state index in [0.29, 0.717) is 24.3 Å². The number of rotatable bonds is 18. The molecule has 0 heterocycles. The molecule has 0 aromatic heterocycles. The van der Waals surface area contributed by atoms with E-state index in [0.717, 1.165) is 33.7 Å². The molecule has 5 aromatic rings. The summed E-state index contributed by atoms with van der Waals surface area (Å²) in [6.07, 6.45) is 3.21. The van der Waals surface area contributed by atoms with Crippen molar-refractivity contribution in [1.29, 1.82) is 0 Å². The first-order valence-corrected chi connectivity index (χ1v) is 20.3. The third-order valence-electron chi connectivity index (χ3n) is 9.66. The van der Waals surface area contributed by atoms with Gasteiger partial charge in [-0.2, -0.15) is 0 Å². The summed E-state index contributed by atoms with van der Waals surface area (Å²) in [6, 6.07) is 25.5. The maximum Gasteiger partial charge on any atom is 0.343 e. The summed E-state index contributed by atoms with van der Waals surface area (Å²) in [4.78, 5) is 63.5. The van der Waals surface area contributed by atoms with Crippen LogP contribution in [-0.4, -0.2) is 52.1 Å². The fraction of sp³-hybridized carbons (Fsp3) is 0.314. The first kappa shape index (κ1) is 46.3. The second-order valence-corrected chi connectivity index (χ2v) is 17.5. The van der Waals surface area contributed by atoms with Gasteiger partial charge in [-0.25, -0.2) is 19.2 Å². The number of hydrogen-bond acceptors (Lipinski definition) is 11. The highest BCUT2D eigenvalue weighted by Gasteiger charge is 2.34. The number of ether oxygens (including phenoxy) is 6. The molecule has 0 fully saturated rings. The number of fused-ring (bicyclic) bond motifs is 2. The van der Waals surface area contributed by atoms with Gasteiger partial charge < -0.3 is 28.4 Å². The molecule has 0 spiro atoms. The first-order chi connectivity index (χ1) is 29.0. The van der Waals surface area contributed by atoms with Crippen LogP contribution in [-0.2, 0) is 19.1 Å². The predicted octanol–water partition coefficient (Wildman–Crippen LogP) is 11.1. The average molecular weight is 843 g/mol. The summed E-state index contributed by atoms with van der Waals surface area (Å²) in [5, 5.41) is 3.17. The number of Topliss-reactive ketones (excluding diaryl/α,β-unsaturated/α-hetero) is 1. The van der Waals surface area contributed by atoms with Crippen molar-refractivity contribution in [3.05, 3.63) is 133 Å². The molecular weight excluding hydrogens is 789 g/mol. The molecule has 0 aliphatic heterocycles. The van der Waals surface area contributed by atoms with E-state index < -0.39 is 46.3 Å². The van der Waals surface area contributed by atoms with Gasteiger partial charge in [0, 0.05) is 31.4 Å². The minimum absolute atomic E-state index is 0.0302. The standard InChI is InChI=1S/C51H54O11/c1-12-42(52)41-29-38(57-46(55)36-17-15-34-27-39(21-19-32(34)25-36)59-48(4,5)30-50(8,9)61-44(53)13-2)23-24-43(41)58-47(56)37-18-16-35-28-40(22-20-33(35)26-37)60-49(6,7)31-51(10,11)62-45(54)14-3/h13-29H,2-3,12,30-31H2,1,4-11H3. The van der Waals surface area contributed by atoms with Crippen LogP contribution in [0.25, 0.3) is 21.5 Å². The predicted molar refractivity (Wildman–Crippen MR) is 238 cm³/mol. The highest BCUT2D eigenvalue weighted by molar-refractivity contribution is 6.02. The summed E-state index contributed by atoms with van der Waals surface area (Å²) in [6.45, 7) is 23.5. The number of benzene rings is 5. The maximum absolute atomic E-state index is 13.4. The van der Waals surface area contributed by atoms with Crippen molar-refractivity contribution >= 4 is 51.2 Å². The van der Waals surface area contributed by atoms with Crippen molar-refractivity contribution in [2.24, 2.45) is 0 Å². The molecule has 62 heavy (non-hydrogen) atoms. The zero-order chi connectivity index (χ0) is 45.6. The van der Waals surface area contributed by atoms with Crippen molar-refractivity contribution < 1.29 is 52.4 Å². The van der Waals surface area contributed by atoms with Gasteiger partial charge in [0.25, 0.3) is 0 Å². The van der Waals surface area contributed by atoms with Crippen LogP contribution < -0.4 is 18.9 Å². The number of hydrogen-bond donors (Lipinski definition) is 0. The van der Waals surface area contributed by atoms with E-state index in [1.807, 2.05) is 79.7 Å². The van der Waals surface area contributed by atoms with Crippen LogP contribution in [0.2, 0.25) is 0 Å². The smallest absolute Gasteiger partial charge is 0.343 e. The Hall–Kier alpha value is -6.75. The number of esters is 4. The zero-order valence-corrected chi connectivity index (χ0v) is 36.8. The molecule has 324 valence electrons. The van der Waals surface area contributed by atoms with E-state index >= 15 is 0 Å². The van der Waals surface area contributed by atoms with Gasteiger partial charge in [-0.1, -0.05) is 44.3 Å². The van der Waals surface area contributed by atoms with Gasteiger partial charge in [0.2, 0.25) is 0 Å². The Morgan fingerprint density at radius 1 is 0.500 bits per heavy atom. The molecule has 0 radical (unpaired) electrons. The van der Waals surface area contributed by atoms with Crippen LogP contribution in [0.5, 0.6) is 23.0 Å². The van der Waals surface area contributed by atoms with Gasteiger partial charge in [-0.05, 0) is 144 Å². The molecule has 0 saturated heterocycles. The molecule has 5 aromatic carbocycles. The third kappa shape index (κ3) is 12.4. The highest BCUT2D eigenvalue weighted by atomic mass is 16.6. The SMILES string of the molecule is C=CC(=O)OC(C)(C)CC(C)(C)Oc1ccc2cc(C(=O)Oc3ccc(OC(=O)c4ccc5cc(OC(C)(C)CC(C)(C)OC(=O)C=C)ccc5c4)c(C(=O)CC)c3)ccc2c1. The van der Waals surface area contributed by atoms with Crippen LogP contribution in [0.1, 0.15) is 113 Å². The number of ketones is 1. The molecule has 0 N–H and O–H groups in total. The van der Waals surface area contributed by atoms with E-state index in [-0.39, 0.29) is 40.4 Å². The lowest BCUT2D eigenvalue weighted by Gasteiger charge is -2.35. The van der Waals surface area contributed by atoms with Crippen LogP contribution in [0, 0.1) is 0 Å². The van der Waals surface area contributed by atoms with Crippen molar-refractivity contribution in [1.82, 2.24) is 0 Å². The lowest BCUT2D eigenvalue weighted by Crippen LogP contribution is -2.40. The largest absolute Gasteiger partial charge is 0.488 e. The number of carbonyl (C=O) groups excluding carboxylic acids is 5. The minimum Gasteiger partial charge on any atom is -0.488 e. The molecule has 0 aliphatic carbocycles. The molecule has 5 rings (SSSR count). The van der Waals surface area contributed by atoms with E-state index in [1.165, 1.54) is 18.2 Å². The minimum atomic E-state index is -0.791. The first-order valence-electron chi connectivity index (χ1n) is 20.3. The fourth-order valence-electron chi connectivity index (χ4n) is 7.68. The van der Waals surface area contributed by atoms with Crippen LogP contribution in [0.4, 0.5) is 0 Å². The molecule has 0 amide bonds. The van der Waals surface area contributed by atoms with E-state index in [1.54, 1.807) is 55.5 Å². The molecule has 11 nitrogen and oxygen atoms in total. The summed E-state index contributed by atoms with van der Waals surface area (Å²) < 4.78 is 35.0. The summed E-state index contributed by atoms with van der Waals surface area (Å²) in [5.74, 6) is -1.31. The number of carbonyl (C=O) groups is 5. The molecule has 0 atom stereocenters. The van der Waals surface area contributed by atoms with E-state index in [4.69, 9.17) is 28.4 Å². The van der Waals surface area contributed by atoms with Crippen LogP contribution in [0.15, 0.2) is 116 Å². The second kappa shape index (κ2) is 18.5. The molecular formula is C51H54O11. The van der Waals surface area contributed by atoms with Crippen LogP contribution in [0.3, 0.4) is 0 Å². The summed E-state index contributed by atoms with van der Waals surface area (Å²) >= 11 is 0. The van der Waals surface area contributed by atoms with E-state index in [9.17, 15) is 24.0 Å². The highest BCUT2D eigenvalue weighted by Crippen LogP contribution is 2.34. The Labute approximate surface area is 362 Å². The van der Waals surface area contributed by atoms with Crippen molar-refractivity contribution in [2.45, 2.75) is 104 Å². The van der Waals surface area contributed by atoms with Crippen LogP contribution >= 0.6 is 0 Å². The normalized spacial score (nSPS) is 12.0. The fourth-order valence-corrected chi connectivity index (χ4v) is 7.68. The topological polar surface area (TPSA) is 141 Å². The Balaban J connectivity index is 1.25. The van der Waals surface area contributed by atoms with Gasteiger partial charge in [0.15, 0.2) is 5.78 Å². The van der Waals surface area contributed by atoms with Crippen molar-refractivity contribution in [3.63, 3.8) is 0 Å². The lowest BCUT2D eigenvalue weighted by molar-refractivity contribution is -0.155. The zero-order valence-electron chi connectivity index (χ0n) is 36.8. The average Bonchev–Trinajstić information content (AvgIpc) is 3.18. The van der Waals surface area contributed by atoms with Crippen molar-refractivity contribution in [2.75, 3.05) is 0 Å². The molecule has 0 aliphatic rings. The van der Waals surface area contributed by atoms with Crippen molar-refractivity contribution in [3.8, 4) is 23.0 Å². The Morgan fingerprint density at radius 3 is 1.34 bits per heavy atom. The van der Waals surface area contributed by atoms with Gasteiger partial charge in [0.1, 0.15) is 45.4 Å². The van der Waals surface area contributed by atoms with Gasteiger partial charge in [0.05, 0.1) is 16.7 Å². The molecule has 0 bridgehead atoms. The Kier molecular flexibility index (Phi) is 13.8. The quantitative estimate of drug-likeness (QED) is 0.0360. The molecule has 0 unspecified atom stereocenters. The Bertz CT molecular complexity index is 2560. The molecule has 11 heteroatoms. The summed E-state index contributed by atoms with van der Waals surface area (Å²) in [7, 11) is 0. The van der Waals surface area contributed by atoms with Gasteiger partial charge in [-0.15, -0.1) is 0 Å². The van der Waals surface area contributed by atoms with Gasteiger partial charge >= 0.3 is 23.9 Å². The van der Waals surface area contributed by atoms with E-state index in [2.05, 4.69) is 13.2 Å². The summed E-state index contributed by atoms with van der Waals surface area (Å²) in [5.41, 5.74) is -2.32. The maximum atomic E-state index is 13.4. The lowest BCUT2D eigenvalue weighted by atomic mass is 9.92. The van der Waals surface area contributed by atoms with Gasteiger partial charge in [-0.3, -0.25) is 4.79 Å². The Morgan fingerprint density at radius 2 is 0.903 bits per heavy atom. The third-order valence-corrected chi connectivity index (χ3v) is 9.66. The molecule has 0 saturated carbocycles.